The van der Waals surface area contributed by atoms with Gasteiger partial charge in [-0.25, -0.2) is 14.8 Å². The summed E-state index contributed by atoms with van der Waals surface area (Å²) >= 11 is 0. The maximum atomic E-state index is 12.0. The first kappa shape index (κ1) is 15.9. The Balaban J connectivity index is 1.84. The molecule has 0 bridgehead atoms. The highest BCUT2D eigenvalue weighted by Gasteiger charge is 2.12. The molecule has 0 spiro atoms. The van der Waals surface area contributed by atoms with Crippen LogP contribution in [-0.2, 0) is 11.3 Å². The number of esters is 1. The summed E-state index contributed by atoms with van der Waals surface area (Å²) in [6.07, 6.45) is 0. The summed E-state index contributed by atoms with van der Waals surface area (Å²) in [5, 5.41) is 3.27. The molecule has 122 valence electrons. The maximum Gasteiger partial charge on any atom is 0.340 e. The van der Waals surface area contributed by atoms with Crippen molar-refractivity contribution in [2.75, 3.05) is 11.9 Å². The number of carbonyl (C=O) groups is 1. The first-order chi connectivity index (χ1) is 11.7. The smallest absolute Gasteiger partial charge is 0.340 e. The summed E-state index contributed by atoms with van der Waals surface area (Å²) in [6.45, 7) is 4.57. The van der Waals surface area contributed by atoms with Gasteiger partial charge in [-0.15, -0.1) is 0 Å². The molecule has 1 aromatic heterocycles. The number of aryl methyl sites for hydroxylation is 1. The molecule has 0 saturated heterocycles. The number of aromatic nitrogens is 2. The third-order valence-electron chi connectivity index (χ3n) is 3.71. The number of anilines is 1. The molecular weight excluding hydrogens is 302 g/mol. The molecule has 0 saturated carbocycles. The first-order valence-corrected chi connectivity index (χ1v) is 7.91. The highest BCUT2D eigenvalue weighted by atomic mass is 16.5. The number of fused-ring (bicyclic) bond motifs is 1. The van der Waals surface area contributed by atoms with Crippen LogP contribution < -0.4 is 5.32 Å². The molecule has 3 aromatic rings. The molecule has 0 aliphatic rings. The van der Waals surface area contributed by atoms with Gasteiger partial charge in [-0.05, 0) is 38.1 Å². The molecule has 0 aliphatic heterocycles. The average Bonchev–Trinajstić information content (AvgIpc) is 2.60. The van der Waals surface area contributed by atoms with Crippen molar-refractivity contribution in [3.63, 3.8) is 0 Å². The van der Waals surface area contributed by atoms with Crippen molar-refractivity contribution in [1.29, 1.82) is 0 Å². The van der Waals surface area contributed by atoms with Crippen LogP contribution in [0.3, 0.4) is 0 Å². The lowest BCUT2D eigenvalue weighted by atomic mass is 10.1. The molecule has 5 heteroatoms. The molecule has 2 aromatic carbocycles. The molecule has 0 amide bonds. The molecule has 0 atom stereocenters. The van der Waals surface area contributed by atoms with E-state index in [0.717, 1.165) is 28.1 Å². The fourth-order valence-corrected chi connectivity index (χ4v) is 2.50. The largest absolute Gasteiger partial charge is 0.462 e. The Hall–Kier alpha value is -2.95. The summed E-state index contributed by atoms with van der Waals surface area (Å²) in [7, 11) is 0. The number of hydrogen-bond donors (Lipinski definition) is 1. The van der Waals surface area contributed by atoms with Crippen molar-refractivity contribution in [3.8, 4) is 0 Å². The number of carbonyl (C=O) groups excluding carboxylic acids is 1. The van der Waals surface area contributed by atoms with E-state index in [1.54, 1.807) is 13.0 Å². The van der Waals surface area contributed by atoms with Crippen LogP contribution in [-0.4, -0.2) is 22.5 Å². The zero-order valence-electron chi connectivity index (χ0n) is 13.7. The Bertz CT molecular complexity index is 877. The number of nitrogens with one attached hydrogen (secondary N) is 1. The van der Waals surface area contributed by atoms with Crippen LogP contribution in [0.15, 0.2) is 48.5 Å². The van der Waals surface area contributed by atoms with E-state index in [-0.39, 0.29) is 5.97 Å². The third-order valence-corrected chi connectivity index (χ3v) is 3.71. The van der Waals surface area contributed by atoms with E-state index in [2.05, 4.69) is 15.3 Å². The molecule has 24 heavy (non-hydrogen) atoms. The van der Waals surface area contributed by atoms with Gasteiger partial charge in [0.2, 0.25) is 0 Å². The maximum absolute atomic E-state index is 12.0. The monoisotopic (exact) mass is 321 g/mol. The van der Waals surface area contributed by atoms with E-state index >= 15 is 0 Å². The van der Waals surface area contributed by atoms with E-state index in [9.17, 15) is 4.79 Å². The van der Waals surface area contributed by atoms with E-state index < -0.39 is 0 Å². The second kappa shape index (κ2) is 7.08. The van der Waals surface area contributed by atoms with Crippen LogP contribution in [0.1, 0.15) is 28.7 Å². The van der Waals surface area contributed by atoms with Crippen molar-refractivity contribution in [3.05, 3.63) is 65.5 Å². The molecule has 3 rings (SSSR count). The second-order valence-corrected chi connectivity index (χ2v) is 5.36. The number of rotatable bonds is 5. The quantitative estimate of drug-likeness (QED) is 0.726. The van der Waals surface area contributed by atoms with E-state index in [4.69, 9.17) is 4.74 Å². The van der Waals surface area contributed by atoms with E-state index in [1.165, 1.54) is 0 Å². The van der Waals surface area contributed by atoms with Crippen molar-refractivity contribution in [2.24, 2.45) is 0 Å². The van der Waals surface area contributed by atoms with Crippen LogP contribution in [0.4, 0.5) is 5.69 Å². The highest BCUT2D eigenvalue weighted by molar-refractivity contribution is 5.95. The lowest BCUT2D eigenvalue weighted by Crippen LogP contribution is -2.11. The fourth-order valence-electron chi connectivity index (χ4n) is 2.50. The molecule has 5 nitrogen and oxygen atoms in total. The van der Waals surface area contributed by atoms with Gasteiger partial charge in [-0.2, -0.15) is 0 Å². The standard InChI is InChI=1S/C19H19N3O2/c1-3-24-19(23)14-8-4-5-9-15(14)20-12-18-13(2)21-16-10-6-7-11-17(16)22-18/h4-11,20H,3,12H2,1-2H3. The number of nitrogens with zero attached hydrogens (tertiary/aromatic N) is 2. The molecular formula is C19H19N3O2. The van der Waals surface area contributed by atoms with Crippen LogP contribution in [0.2, 0.25) is 0 Å². The average molecular weight is 321 g/mol. The Kier molecular flexibility index (Phi) is 4.70. The Morgan fingerprint density at radius 1 is 1.04 bits per heavy atom. The van der Waals surface area contributed by atoms with Gasteiger partial charge in [0.25, 0.3) is 0 Å². The van der Waals surface area contributed by atoms with Crippen LogP contribution in [0, 0.1) is 6.92 Å². The summed E-state index contributed by atoms with van der Waals surface area (Å²) in [6, 6.07) is 15.1. The van der Waals surface area contributed by atoms with E-state index in [0.29, 0.717) is 18.7 Å². The predicted octanol–water partition coefficient (Wildman–Crippen LogP) is 3.73. The zero-order chi connectivity index (χ0) is 16.9. The summed E-state index contributed by atoms with van der Waals surface area (Å²) in [4.78, 5) is 21.3. The Morgan fingerprint density at radius 3 is 2.46 bits per heavy atom. The van der Waals surface area contributed by atoms with Crippen LogP contribution >= 0.6 is 0 Å². The number of para-hydroxylation sites is 3. The Morgan fingerprint density at radius 2 is 1.71 bits per heavy atom. The van der Waals surface area contributed by atoms with Crippen LogP contribution in [0.25, 0.3) is 11.0 Å². The molecule has 1 N–H and O–H groups in total. The topological polar surface area (TPSA) is 64.1 Å². The lowest BCUT2D eigenvalue weighted by Gasteiger charge is -2.12. The summed E-state index contributed by atoms with van der Waals surface area (Å²) in [5.74, 6) is -0.332. The second-order valence-electron chi connectivity index (χ2n) is 5.36. The predicted molar refractivity (Wildman–Crippen MR) is 94.0 cm³/mol. The molecule has 0 fully saturated rings. The molecule has 0 radical (unpaired) electrons. The van der Waals surface area contributed by atoms with Gasteiger partial charge in [0, 0.05) is 5.69 Å². The highest BCUT2D eigenvalue weighted by Crippen LogP contribution is 2.18. The first-order valence-electron chi connectivity index (χ1n) is 7.91. The lowest BCUT2D eigenvalue weighted by molar-refractivity contribution is 0.0527. The van der Waals surface area contributed by atoms with Gasteiger partial charge in [0.15, 0.2) is 0 Å². The van der Waals surface area contributed by atoms with E-state index in [1.807, 2.05) is 49.4 Å². The number of ether oxygens (including phenoxy) is 1. The number of hydrogen-bond acceptors (Lipinski definition) is 5. The fraction of sp³-hybridized carbons (Fsp3) is 0.211. The Labute approximate surface area is 140 Å². The normalized spacial score (nSPS) is 10.6. The summed E-state index contributed by atoms with van der Waals surface area (Å²) < 4.78 is 5.10. The van der Waals surface area contributed by atoms with Gasteiger partial charge >= 0.3 is 5.97 Å². The number of benzene rings is 2. The molecule has 1 heterocycles. The minimum atomic E-state index is -0.332. The van der Waals surface area contributed by atoms with Gasteiger partial charge in [-0.1, -0.05) is 24.3 Å². The van der Waals surface area contributed by atoms with Crippen molar-refractivity contribution in [2.45, 2.75) is 20.4 Å². The van der Waals surface area contributed by atoms with Crippen molar-refractivity contribution in [1.82, 2.24) is 9.97 Å². The molecule has 0 unspecified atom stereocenters. The van der Waals surface area contributed by atoms with Crippen molar-refractivity contribution >= 4 is 22.7 Å². The summed E-state index contributed by atoms with van der Waals surface area (Å²) in [5.41, 5.74) is 4.71. The third kappa shape index (κ3) is 3.35. The van der Waals surface area contributed by atoms with Gasteiger partial charge in [0.05, 0.1) is 41.1 Å². The minimum absolute atomic E-state index is 0.332. The van der Waals surface area contributed by atoms with Gasteiger partial charge in [0.1, 0.15) is 0 Å². The van der Waals surface area contributed by atoms with Gasteiger partial charge in [-0.3, -0.25) is 0 Å². The SMILES string of the molecule is CCOC(=O)c1ccccc1NCc1nc2ccccc2nc1C. The molecule has 0 aliphatic carbocycles. The van der Waals surface area contributed by atoms with Crippen LogP contribution in [0.5, 0.6) is 0 Å². The van der Waals surface area contributed by atoms with Gasteiger partial charge < -0.3 is 10.1 Å². The zero-order valence-corrected chi connectivity index (χ0v) is 13.7. The van der Waals surface area contributed by atoms with Crippen molar-refractivity contribution < 1.29 is 9.53 Å². The minimum Gasteiger partial charge on any atom is -0.462 e.